The number of hydrogen-bond donors (Lipinski definition) is 2. The Bertz CT molecular complexity index is 985. The molecule has 1 amide bonds. The molecule has 2 N–H and O–H groups in total. The van der Waals surface area contributed by atoms with Gasteiger partial charge < -0.3 is 14.8 Å². The molecule has 2 aromatic rings. The topological polar surface area (TPSA) is 99.9 Å². The predicted molar refractivity (Wildman–Crippen MR) is 96.5 cm³/mol. The third-order valence-electron chi connectivity index (χ3n) is 6.25. The number of hydrogen-bond acceptors (Lipinski definition) is 5. The molecule has 1 aromatic carbocycles. The number of sulfonamides is 1. The summed E-state index contributed by atoms with van der Waals surface area (Å²) in [6.07, 6.45) is 2.65. The lowest BCUT2D eigenvalue weighted by atomic mass is 9.88. The maximum absolute atomic E-state index is 13.2. The van der Waals surface area contributed by atoms with Crippen molar-refractivity contribution >= 4 is 21.6 Å². The average Bonchev–Trinajstić information content (AvgIpc) is 3.38. The van der Waals surface area contributed by atoms with Crippen molar-refractivity contribution in [2.24, 2.45) is 17.8 Å². The van der Waals surface area contributed by atoms with Gasteiger partial charge in [-0.25, -0.2) is 8.42 Å². The van der Waals surface area contributed by atoms with E-state index in [2.05, 4.69) is 5.32 Å². The molecule has 1 aromatic heterocycles. The zero-order valence-electron chi connectivity index (χ0n) is 14.5. The first-order valence-electron chi connectivity index (χ1n) is 9.10. The Balaban J connectivity index is 1.42. The fourth-order valence-corrected chi connectivity index (χ4v) is 6.89. The number of fused-ring (bicyclic) bond motifs is 1. The molecular weight excluding hydrogens is 368 g/mol. The summed E-state index contributed by atoms with van der Waals surface area (Å²) in [5.41, 5.74) is 0.379. The third-order valence-corrected chi connectivity index (χ3v) is 8.11. The molecule has 2 heterocycles. The number of rotatable bonds is 4. The van der Waals surface area contributed by atoms with Gasteiger partial charge in [0, 0.05) is 12.2 Å². The Morgan fingerprint density at radius 2 is 2.04 bits per heavy atom. The maximum atomic E-state index is 13.2. The van der Waals surface area contributed by atoms with Gasteiger partial charge in [0.2, 0.25) is 10.0 Å². The number of furan rings is 1. The fourth-order valence-electron chi connectivity index (χ4n) is 5.11. The number of aliphatic hydroxyl groups excluding tert-OH is 1. The number of nitrogens with zero attached hydrogens (tertiary/aromatic N) is 1. The van der Waals surface area contributed by atoms with Crippen LogP contribution in [0.15, 0.2) is 52.0 Å². The van der Waals surface area contributed by atoms with Crippen LogP contribution in [-0.4, -0.2) is 42.4 Å². The minimum absolute atomic E-state index is 0.122. The molecule has 1 saturated heterocycles. The van der Waals surface area contributed by atoms with Gasteiger partial charge in [-0.2, -0.15) is 4.31 Å². The molecule has 142 valence electrons. The van der Waals surface area contributed by atoms with E-state index in [0.717, 1.165) is 12.8 Å². The first-order valence-corrected chi connectivity index (χ1v) is 10.5. The van der Waals surface area contributed by atoms with Crippen LogP contribution < -0.4 is 5.32 Å². The summed E-state index contributed by atoms with van der Waals surface area (Å²) in [6, 6.07) is 9.04. The van der Waals surface area contributed by atoms with Crippen LogP contribution in [0.3, 0.4) is 0 Å². The average molecular weight is 388 g/mol. The zero-order valence-corrected chi connectivity index (χ0v) is 15.3. The Kier molecular flexibility index (Phi) is 3.72. The molecule has 0 spiro atoms. The Labute approximate surface area is 157 Å². The minimum Gasteiger partial charge on any atom is -0.459 e. The van der Waals surface area contributed by atoms with E-state index in [9.17, 15) is 18.3 Å². The summed E-state index contributed by atoms with van der Waals surface area (Å²) < 4.78 is 33.0. The standard InChI is InChI=1S/C19H20N2O5S/c22-18-11-7-12-10-21(17(18)15(12)8-11)27(24,25)14-4-1-3-13(9-14)20-19(23)16-5-2-6-26-16/h1-6,9,11-12,15,17-18,22H,7-8,10H2,(H,20,23). The van der Waals surface area contributed by atoms with Crippen LogP contribution in [0.5, 0.6) is 0 Å². The second kappa shape index (κ2) is 5.92. The van der Waals surface area contributed by atoms with Crippen LogP contribution >= 0.6 is 0 Å². The highest BCUT2D eigenvalue weighted by Crippen LogP contribution is 2.56. The minimum atomic E-state index is -3.75. The van der Waals surface area contributed by atoms with Gasteiger partial charge in [0.05, 0.1) is 23.3 Å². The summed E-state index contributed by atoms with van der Waals surface area (Å²) in [7, 11) is -3.75. The van der Waals surface area contributed by atoms with Gasteiger partial charge in [0.15, 0.2) is 5.76 Å². The summed E-state index contributed by atoms with van der Waals surface area (Å²) >= 11 is 0. The highest BCUT2D eigenvalue weighted by Gasteiger charge is 2.61. The molecule has 2 bridgehead atoms. The van der Waals surface area contributed by atoms with Crippen molar-refractivity contribution in [3.63, 3.8) is 0 Å². The van der Waals surface area contributed by atoms with Gasteiger partial charge in [-0.1, -0.05) is 6.07 Å². The van der Waals surface area contributed by atoms with Crippen LogP contribution in [0.2, 0.25) is 0 Å². The molecule has 2 aliphatic carbocycles. The summed E-state index contributed by atoms with van der Waals surface area (Å²) in [5.74, 6) is 0.549. The summed E-state index contributed by atoms with van der Waals surface area (Å²) in [6.45, 7) is 0.466. The van der Waals surface area contributed by atoms with Crippen LogP contribution in [0.1, 0.15) is 23.4 Å². The third kappa shape index (κ3) is 2.55. The van der Waals surface area contributed by atoms with Gasteiger partial charge in [0.1, 0.15) is 0 Å². The first kappa shape index (κ1) is 17.0. The summed E-state index contributed by atoms with van der Waals surface area (Å²) in [5, 5.41) is 13.1. The molecule has 1 aliphatic heterocycles. The van der Waals surface area contributed by atoms with Crippen LogP contribution in [0.25, 0.3) is 0 Å². The van der Waals surface area contributed by atoms with Crippen molar-refractivity contribution in [3.8, 4) is 0 Å². The SMILES string of the molecule is O=C(Nc1cccc(S(=O)(=O)N2CC3CC4CC3C2C4O)c1)c1ccco1. The zero-order chi connectivity index (χ0) is 18.8. The number of benzene rings is 1. The quantitative estimate of drug-likeness (QED) is 0.834. The summed E-state index contributed by atoms with van der Waals surface area (Å²) in [4.78, 5) is 12.3. The molecule has 7 nitrogen and oxygen atoms in total. The van der Waals surface area contributed by atoms with Crippen molar-refractivity contribution in [1.29, 1.82) is 0 Å². The van der Waals surface area contributed by atoms with E-state index in [1.807, 2.05) is 0 Å². The smallest absolute Gasteiger partial charge is 0.291 e. The Morgan fingerprint density at radius 3 is 2.78 bits per heavy atom. The van der Waals surface area contributed by atoms with Gasteiger partial charge in [-0.05, 0) is 60.9 Å². The highest BCUT2D eigenvalue weighted by molar-refractivity contribution is 7.89. The highest BCUT2D eigenvalue weighted by atomic mass is 32.2. The number of amides is 1. The Hall–Kier alpha value is -2.16. The van der Waals surface area contributed by atoms with E-state index in [-0.39, 0.29) is 28.5 Å². The second-order valence-electron chi connectivity index (χ2n) is 7.67. The van der Waals surface area contributed by atoms with E-state index in [1.54, 1.807) is 18.2 Å². The molecule has 8 heteroatoms. The van der Waals surface area contributed by atoms with Gasteiger partial charge >= 0.3 is 0 Å². The van der Waals surface area contributed by atoms with E-state index >= 15 is 0 Å². The van der Waals surface area contributed by atoms with E-state index in [0.29, 0.717) is 18.2 Å². The van der Waals surface area contributed by atoms with Gasteiger partial charge in [-0.15, -0.1) is 0 Å². The van der Waals surface area contributed by atoms with E-state index in [4.69, 9.17) is 4.42 Å². The second-order valence-corrected chi connectivity index (χ2v) is 9.56. The molecule has 3 fully saturated rings. The number of aliphatic hydroxyl groups is 1. The van der Waals surface area contributed by atoms with Crippen LogP contribution in [0.4, 0.5) is 5.69 Å². The van der Waals surface area contributed by atoms with E-state index in [1.165, 1.54) is 28.8 Å². The van der Waals surface area contributed by atoms with Crippen molar-refractivity contribution in [2.75, 3.05) is 11.9 Å². The molecular formula is C19H20N2O5S. The fraction of sp³-hybridized carbons (Fsp3) is 0.421. The normalized spacial score (nSPS) is 32.1. The molecule has 5 rings (SSSR count). The molecule has 3 aliphatic rings. The number of anilines is 1. The number of nitrogens with one attached hydrogen (secondary N) is 1. The van der Waals surface area contributed by atoms with Gasteiger partial charge in [0.25, 0.3) is 5.91 Å². The number of carbonyl (C=O) groups excluding carboxylic acids is 1. The lowest BCUT2D eigenvalue weighted by Gasteiger charge is -2.28. The maximum Gasteiger partial charge on any atom is 0.291 e. The molecule has 0 radical (unpaired) electrons. The van der Waals surface area contributed by atoms with Crippen molar-refractivity contribution in [3.05, 3.63) is 48.4 Å². The largest absolute Gasteiger partial charge is 0.459 e. The molecule has 2 saturated carbocycles. The first-order chi connectivity index (χ1) is 12.9. The Morgan fingerprint density at radius 1 is 1.19 bits per heavy atom. The predicted octanol–water partition coefficient (Wildman–Crippen LogP) is 1.92. The monoisotopic (exact) mass is 388 g/mol. The molecule has 5 unspecified atom stereocenters. The van der Waals surface area contributed by atoms with Gasteiger partial charge in [-0.3, -0.25) is 4.79 Å². The molecule has 5 atom stereocenters. The van der Waals surface area contributed by atoms with Crippen molar-refractivity contribution < 1.29 is 22.7 Å². The van der Waals surface area contributed by atoms with Crippen molar-refractivity contribution in [2.45, 2.75) is 29.9 Å². The lowest BCUT2D eigenvalue weighted by Crippen LogP contribution is -2.43. The lowest BCUT2D eigenvalue weighted by molar-refractivity contribution is 0.0731. The van der Waals surface area contributed by atoms with Crippen LogP contribution in [-0.2, 0) is 10.0 Å². The van der Waals surface area contributed by atoms with E-state index < -0.39 is 22.0 Å². The van der Waals surface area contributed by atoms with Crippen LogP contribution in [0, 0.1) is 17.8 Å². The molecule has 27 heavy (non-hydrogen) atoms. The van der Waals surface area contributed by atoms with Crippen molar-refractivity contribution in [1.82, 2.24) is 4.31 Å². The number of carbonyl (C=O) groups is 1.